The molecule has 1 aliphatic heterocycles. The molecule has 4 heterocycles. The van der Waals surface area contributed by atoms with Gasteiger partial charge in [0.2, 0.25) is 11.8 Å². The highest BCUT2D eigenvalue weighted by molar-refractivity contribution is 5.83. The molecule has 1 amide bonds. The standard InChI is InChI=1S/C22H28N6O2/c1-22(2,3)8-11-26-12-13-27(15-19(26)29)18-7-10-28-20(25-18)17(14-24-28)16-6-5-9-23-21(16)30-4/h5-7,9-10,14H,8,11-13,15H2,1-4H3. The number of pyridine rings is 1. The fraction of sp³-hybridized carbons (Fsp3) is 0.455. The van der Waals surface area contributed by atoms with E-state index in [1.807, 2.05) is 34.2 Å². The van der Waals surface area contributed by atoms with Crippen molar-refractivity contribution >= 4 is 17.4 Å². The first-order valence-electron chi connectivity index (χ1n) is 10.2. The van der Waals surface area contributed by atoms with Gasteiger partial charge in [-0.2, -0.15) is 5.10 Å². The Morgan fingerprint density at radius 1 is 1.17 bits per heavy atom. The lowest BCUT2D eigenvalue weighted by Crippen LogP contribution is -2.51. The maximum absolute atomic E-state index is 12.7. The second-order valence-corrected chi connectivity index (χ2v) is 8.79. The summed E-state index contributed by atoms with van der Waals surface area (Å²) in [7, 11) is 1.60. The minimum Gasteiger partial charge on any atom is -0.481 e. The van der Waals surface area contributed by atoms with Gasteiger partial charge in [0.25, 0.3) is 0 Å². The first kappa shape index (κ1) is 20.1. The first-order chi connectivity index (χ1) is 14.4. The van der Waals surface area contributed by atoms with Crippen LogP contribution in [0, 0.1) is 5.41 Å². The molecule has 1 fully saturated rings. The Morgan fingerprint density at radius 2 is 2.00 bits per heavy atom. The lowest BCUT2D eigenvalue weighted by Gasteiger charge is -2.36. The van der Waals surface area contributed by atoms with Crippen LogP contribution in [0.5, 0.6) is 5.88 Å². The van der Waals surface area contributed by atoms with Gasteiger partial charge >= 0.3 is 0 Å². The van der Waals surface area contributed by atoms with Gasteiger partial charge in [0, 0.05) is 37.6 Å². The van der Waals surface area contributed by atoms with Crippen molar-refractivity contribution in [3.05, 3.63) is 36.8 Å². The number of carbonyl (C=O) groups excluding carboxylic acids is 1. The average Bonchev–Trinajstić information content (AvgIpc) is 3.15. The van der Waals surface area contributed by atoms with Gasteiger partial charge in [-0.25, -0.2) is 14.5 Å². The Bertz CT molecular complexity index is 1060. The average molecular weight is 409 g/mol. The van der Waals surface area contributed by atoms with Crippen molar-refractivity contribution < 1.29 is 9.53 Å². The number of piperazine rings is 1. The fourth-order valence-electron chi connectivity index (χ4n) is 3.59. The molecule has 0 atom stereocenters. The molecule has 0 aromatic carbocycles. The summed E-state index contributed by atoms with van der Waals surface area (Å²) in [4.78, 5) is 25.8. The third-order valence-electron chi connectivity index (χ3n) is 5.38. The van der Waals surface area contributed by atoms with Gasteiger partial charge in [-0.1, -0.05) is 20.8 Å². The van der Waals surface area contributed by atoms with E-state index in [-0.39, 0.29) is 11.3 Å². The van der Waals surface area contributed by atoms with E-state index in [1.54, 1.807) is 24.0 Å². The van der Waals surface area contributed by atoms with Crippen molar-refractivity contribution in [3.63, 3.8) is 0 Å². The van der Waals surface area contributed by atoms with Gasteiger partial charge in [0.1, 0.15) is 5.82 Å². The van der Waals surface area contributed by atoms with Crippen molar-refractivity contribution in [2.75, 3.05) is 38.2 Å². The fourth-order valence-corrected chi connectivity index (χ4v) is 3.59. The van der Waals surface area contributed by atoms with Crippen molar-refractivity contribution in [2.24, 2.45) is 5.41 Å². The van der Waals surface area contributed by atoms with Crippen LogP contribution in [-0.2, 0) is 4.79 Å². The Kier molecular flexibility index (Phi) is 5.32. The van der Waals surface area contributed by atoms with Crippen molar-refractivity contribution in [1.29, 1.82) is 0 Å². The highest BCUT2D eigenvalue weighted by Gasteiger charge is 2.26. The van der Waals surface area contributed by atoms with Gasteiger partial charge < -0.3 is 14.5 Å². The van der Waals surface area contributed by atoms with Crippen LogP contribution in [0.25, 0.3) is 16.8 Å². The maximum atomic E-state index is 12.7. The van der Waals surface area contributed by atoms with Crippen LogP contribution >= 0.6 is 0 Å². The lowest BCUT2D eigenvalue weighted by atomic mass is 9.92. The second kappa shape index (κ2) is 7.93. The van der Waals surface area contributed by atoms with Crippen molar-refractivity contribution in [3.8, 4) is 17.0 Å². The molecule has 0 aliphatic carbocycles. The molecule has 0 saturated carbocycles. The first-order valence-corrected chi connectivity index (χ1v) is 10.2. The molecule has 158 valence electrons. The Balaban J connectivity index is 1.57. The Morgan fingerprint density at radius 3 is 2.73 bits per heavy atom. The molecule has 0 radical (unpaired) electrons. The molecule has 3 aromatic heterocycles. The van der Waals surface area contributed by atoms with E-state index in [0.29, 0.717) is 24.6 Å². The normalized spacial score (nSPS) is 15.1. The number of rotatable bonds is 5. The van der Waals surface area contributed by atoms with E-state index in [0.717, 1.165) is 36.5 Å². The van der Waals surface area contributed by atoms with E-state index < -0.39 is 0 Å². The second-order valence-electron chi connectivity index (χ2n) is 8.79. The molecule has 30 heavy (non-hydrogen) atoms. The van der Waals surface area contributed by atoms with E-state index in [9.17, 15) is 4.79 Å². The number of amides is 1. The van der Waals surface area contributed by atoms with Gasteiger partial charge in [-0.05, 0) is 30.0 Å². The van der Waals surface area contributed by atoms with Crippen LogP contribution in [0.3, 0.4) is 0 Å². The third kappa shape index (κ3) is 4.08. The number of aromatic nitrogens is 4. The minimum atomic E-state index is 0.148. The summed E-state index contributed by atoms with van der Waals surface area (Å²) < 4.78 is 7.13. The number of hydrogen-bond donors (Lipinski definition) is 0. The van der Waals surface area contributed by atoms with Crippen molar-refractivity contribution in [2.45, 2.75) is 27.2 Å². The topological polar surface area (TPSA) is 75.9 Å². The van der Waals surface area contributed by atoms with Crippen LogP contribution in [0.4, 0.5) is 5.82 Å². The van der Waals surface area contributed by atoms with Crippen LogP contribution < -0.4 is 9.64 Å². The molecule has 0 bridgehead atoms. The molecular weight excluding hydrogens is 380 g/mol. The number of ether oxygens (including phenoxy) is 1. The van der Waals surface area contributed by atoms with Gasteiger partial charge in [0.15, 0.2) is 5.65 Å². The predicted octanol–water partition coefficient (Wildman–Crippen LogP) is 2.88. The summed E-state index contributed by atoms with van der Waals surface area (Å²) in [6.45, 7) is 9.22. The summed E-state index contributed by atoms with van der Waals surface area (Å²) in [6, 6.07) is 5.71. The predicted molar refractivity (Wildman–Crippen MR) is 116 cm³/mol. The summed E-state index contributed by atoms with van der Waals surface area (Å²) >= 11 is 0. The molecule has 0 unspecified atom stereocenters. The van der Waals surface area contributed by atoms with Crippen LogP contribution in [0.2, 0.25) is 0 Å². The van der Waals surface area contributed by atoms with E-state index in [1.165, 1.54) is 0 Å². The molecule has 0 N–H and O–H groups in total. The maximum Gasteiger partial charge on any atom is 0.242 e. The molecule has 1 saturated heterocycles. The van der Waals surface area contributed by atoms with Crippen LogP contribution in [0.1, 0.15) is 27.2 Å². The Hall–Kier alpha value is -3.16. The molecule has 1 aliphatic rings. The molecule has 0 spiro atoms. The monoisotopic (exact) mass is 408 g/mol. The lowest BCUT2D eigenvalue weighted by molar-refractivity contribution is -0.131. The van der Waals surface area contributed by atoms with Gasteiger partial charge in [0.05, 0.1) is 25.4 Å². The number of hydrogen-bond acceptors (Lipinski definition) is 6. The van der Waals surface area contributed by atoms with Crippen LogP contribution in [-0.4, -0.2) is 63.7 Å². The highest BCUT2D eigenvalue weighted by Crippen LogP contribution is 2.31. The van der Waals surface area contributed by atoms with Gasteiger partial charge in [-0.3, -0.25) is 4.79 Å². The quantitative estimate of drug-likeness (QED) is 0.646. The summed E-state index contributed by atoms with van der Waals surface area (Å²) in [5.74, 6) is 1.45. The van der Waals surface area contributed by atoms with E-state index in [4.69, 9.17) is 9.72 Å². The molecule has 4 rings (SSSR count). The number of fused-ring (bicyclic) bond motifs is 1. The number of nitrogens with zero attached hydrogens (tertiary/aromatic N) is 6. The highest BCUT2D eigenvalue weighted by atomic mass is 16.5. The largest absolute Gasteiger partial charge is 0.481 e. The van der Waals surface area contributed by atoms with Crippen molar-refractivity contribution in [1.82, 2.24) is 24.5 Å². The van der Waals surface area contributed by atoms with Crippen LogP contribution in [0.15, 0.2) is 36.8 Å². The van der Waals surface area contributed by atoms with E-state index in [2.05, 4.69) is 30.9 Å². The number of methoxy groups -OCH3 is 1. The number of carbonyl (C=O) groups is 1. The zero-order valence-electron chi connectivity index (χ0n) is 18.0. The zero-order chi connectivity index (χ0) is 21.3. The molecule has 8 heteroatoms. The molecule has 8 nitrogen and oxygen atoms in total. The van der Waals surface area contributed by atoms with Gasteiger partial charge in [-0.15, -0.1) is 0 Å². The minimum absolute atomic E-state index is 0.148. The summed E-state index contributed by atoms with van der Waals surface area (Å²) in [5, 5.41) is 4.41. The molecular formula is C22H28N6O2. The number of anilines is 1. The molecule has 3 aromatic rings. The zero-order valence-corrected chi connectivity index (χ0v) is 18.0. The smallest absolute Gasteiger partial charge is 0.242 e. The summed E-state index contributed by atoms with van der Waals surface area (Å²) in [6.07, 6.45) is 6.33. The third-order valence-corrected chi connectivity index (χ3v) is 5.38. The SMILES string of the molecule is COc1ncccc1-c1cnn2ccc(N3CCN(CCC(C)(C)C)C(=O)C3)nc12. The Labute approximate surface area is 176 Å². The summed E-state index contributed by atoms with van der Waals surface area (Å²) in [5.41, 5.74) is 2.61. The van der Waals surface area contributed by atoms with E-state index >= 15 is 0 Å².